The van der Waals surface area contributed by atoms with Crippen molar-refractivity contribution >= 4 is 11.9 Å². The lowest BCUT2D eigenvalue weighted by Gasteiger charge is -2.35. The molecule has 0 aromatic carbocycles. The maximum absolute atomic E-state index is 12.6. The van der Waals surface area contributed by atoms with E-state index < -0.39 is 16.9 Å². The average Bonchev–Trinajstić information content (AvgIpc) is 2.85. The van der Waals surface area contributed by atoms with Gasteiger partial charge < -0.3 is 20.5 Å². The normalized spacial score (nSPS) is 29.4. The number of carbonyl (C=O) groups excluding carboxylic acids is 1. The molecule has 0 saturated carbocycles. The van der Waals surface area contributed by atoms with E-state index in [4.69, 9.17) is 10.5 Å². The summed E-state index contributed by atoms with van der Waals surface area (Å²) in [6.07, 6.45) is 2.95. The van der Waals surface area contributed by atoms with Crippen molar-refractivity contribution in [2.45, 2.75) is 44.6 Å². The van der Waals surface area contributed by atoms with Crippen LogP contribution in [-0.4, -0.2) is 53.7 Å². The zero-order valence-corrected chi connectivity index (χ0v) is 12.1. The van der Waals surface area contributed by atoms with Crippen LogP contribution in [0.5, 0.6) is 0 Å². The van der Waals surface area contributed by atoms with Crippen molar-refractivity contribution in [1.82, 2.24) is 4.90 Å². The highest BCUT2D eigenvalue weighted by Crippen LogP contribution is 2.37. The van der Waals surface area contributed by atoms with Gasteiger partial charge in [0, 0.05) is 26.3 Å². The van der Waals surface area contributed by atoms with E-state index in [0.29, 0.717) is 45.4 Å². The molecule has 6 nitrogen and oxygen atoms in total. The number of likely N-dealkylation sites (tertiary alicyclic amines) is 1. The third kappa shape index (κ3) is 2.67. The van der Waals surface area contributed by atoms with Crippen LogP contribution in [0.1, 0.15) is 39.0 Å². The molecule has 2 heterocycles. The summed E-state index contributed by atoms with van der Waals surface area (Å²) in [6, 6.07) is 0. The second kappa shape index (κ2) is 5.69. The van der Waals surface area contributed by atoms with Crippen molar-refractivity contribution in [2.24, 2.45) is 11.1 Å². The molecular weight excluding hydrogens is 260 g/mol. The van der Waals surface area contributed by atoms with Crippen molar-refractivity contribution in [1.29, 1.82) is 0 Å². The summed E-state index contributed by atoms with van der Waals surface area (Å²) in [6.45, 7) is 3.74. The molecule has 0 radical (unpaired) electrons. The Labute approximate surface area is 119 Å². The third-order valence-corrected chi connectivity index (χ3v) is 4.63. The molecule has 2 fully saturated rings. The molecule has 0 bridgehead atoms. The number of carboxylic acids is 1. The summed E-state index contributed by atoms with van der Waals surface area (Å²) in [5, 5.41) is 9.48. The Morgan fingerprint density at radius 3 is 2.50 bits per heavy atom. The maximum Gasteiger partial charge on any atom is 0.311 e. The van der Waals surface area contributed by atoms with Gasteiger partial charge in [-0.15, -0.1) is 0 Å². The van der Waals surface area contributed by atoms with Gasteiger partial charge in [0.1, 0.15) is 0 Å². The molecular formula is C14H24N2O4. The highest BCUT2D eigenvalue weighted by atomic mass is 16.5. The Hall–Kier alpha value is -1.14. The van der Waals surface area contributed by atoms with Gasteiger partial charge in [0.05, 0.1) is 11.0 Å². The van der Waals surface area contributed by atoms with E-state index in [9.17, 15) is 14.7 Å². The number of carboxylic acid groups (broad SMARTS) is 1. The number of hydrogen-bond acceptors (Lipinski definition) is 4. The molecule has 0 aliphatic carbocycles. The molecule has 2 aliphatic rings. The van der Waals surface area contributed by atoms with Crippen LogP contribution in [0.15, 0.2) is 0 Å². The van der Waals surface area contributed by atoms with E-state index in [1.165, 1.54) is 0 Å². The maximum atomic E-state index is 12.6. The van der Waals surface area contributed by atoms with Gasteiger partial charge in [-0.3, -0.25) is 9.59 Å². The predicted octanol–water partition coefficient (Wildman–Crippen LogP) is 0.598. The number of nitrogens with two attached hydrogens (primary N) is 1. The summed E-state index contributed by atoms with van der Waals surface area (Å²) in [7, 11) is 0. The van der Waals surface area contributed by atoms with Gasteiger partial charge in [-0.05, 0) is 25.7 Å². The minimum absolute atomic E-state index is 0.111. The van der Waals surface area contributed by atoms with E-state index in [0.717, 1.165) is 6.42 Å². The monoisotopic (exact) mass is 284 g/mol. The number of ether oxygens (including phenoxy) is 1. The minimum Gasteiger partial charge on any atom is -0.481 e. The topological polar surface area (TPSA) is 92.9 Å². The van der Waals surface area contributed by atoms with Gasteiger partial charge in [0.15, 0.2) is 0 Å². The van der Waals surface area contributed by atoms with Gasteiger partial charge in [-0.25, -0.2) is 0 Å². The first-order valence-corrected chi connectivity index (χ1v) is 7.33. The van der Waals surface area contributed by atoms with E-state index in [1.807, 2.05) is 6.92 Å². The molecule has 0 aromatic heterocycles. The Morgan fingerprint density at radius 1 is 1.30 bits per heavy atom. The zero-order valence-electron chi connectivity index (χ0n) is 12.1. The lowest BCUT2D eigenvalue weighted by Crippen LogP contribution is -2.58. The van der Waals surface area contributed by atoms with Crippen LogP contribution in [-0.2, 0) is 14.3 Å². The smallest absolute Gasteiger partial charge is 0.311 e. The third-order valence-electron chi connectivity index (χ3n) is 4.63. The van der Waals surface area contributed by atoms with Crippen LogP contribution in [0.2, 0.25) is 0 Å². The highest BCUT2D eigenvalue weighted by molar-refractivity contribution is 5.88. The Bertz CT molecular complexity index is 393. The van der Waals surface area contributed by atoms with Crippen molar-refractivity contribution in [3.8, 4) is 0 Å². The summed E-state index contributed by atoms with van der Waals surface area (Å²) >= 11 is 0. The first-order chi connectivity index (χ1) is 9.43. The van der Waals surface area contributed by atoms with E-state index >= 15 is 0 Å². The molecule has 3 N–H and O–H groups in total. The minimum atomic E-state index is -0.876. The second-order valence-corrected chi connectivity index (χ2v) is 6.08. The molecule has 6 heteroatoms. The van der Waals surface area contributed by atoms with Crippen LogP contribution in [0.25, 0.3) is 0 Å². The van der Waals surface area contributed by atoms with Gasteiger partial charge in [-0.1, -0.05) is 13.3 Å². The zero-order chi connectivity index (χ0) is 14.8. The first-order valence-electron chi connectivity index (χ1n) is 7.33. The number of carbonyl (C=O) groups is 2. The average molecular weight is 284 g/mol. The van der Waals surface area contributed by atoms with Crippen LogP contribution in [0.4, 0.5) is 0 Å². The van der Waals surface area contributed by atoms with Crippen molar-refractivity contribution in [3.05, 3.63) is 0 Å². The predicted molar refractivity (Wildman–Crippen MR) is 73.1 cm³/mol. The number of rotatable bonds is 4. The van der Waals surface area contributed by atoms with Crippen LogP contribution >= 0.6 is 0 Å². The molecule has 2 saturated heterocycles. The fraction of sp³-hybridized carbons (Fsp3) is 0.857. The quantitative estimate of drug-likeness (QED) is 0.788. The molecule has 2 aliphatic heterocycles. The number of aliphatic carboxylic acids is 1. The van der Waals surface area contributed by atoms with Gasteiger partial charge >= 0.3 is 5.97 Å². The lowest BCUT2D eigenvalue weighted by molar-refractivity contribution is -0.149. The van der Waals surface area contributed by atoms with Crippen LogP contribution < -0.4 is 5.73 Å². The largest absolute Gasteiger partial charge is 0.481 e. The Balaban J connectivity index is 2.08. The molecule has 0 spiro atoms. The van der Waals surface area contributed by atoms with Crippen molar-refractivity contribution < 1.29 is 19.4 Å². The van der Waals surface area contributed by atoms with Crippen molar-refractivity contribution in [2.75, 3.05) is 26.3 Å². The fourth-order valence-electron chi connectivity index (χ4n) is 3.27. The second-order valence-electron chi connectivity index (χ2n) is 6.08. The van der Waals surface area contributed by atoms with Crippen molar-refractivity contribution in [3.63, 3.8) is 0 Å². The van der Waals surface area contributed by atoms with Gasteiger partial charge in [0.2, 0.25) is 5.91 Å². The lowest BCUT2D eigenvalue weighted by atomic mass is 9.82. The highest BCUT2D eigenvalue weighted by Gasteiger charge is 2.49. The van der Waals surface area contributed by atoms with Gasteiger partial charge in [0.25, 0.3) is 0 Å². The SMILES string of the molecule is CCCC1(C(=O)O)CCN(C(=O)C2(N)CCOCC2)C1. The number of hydrogen-bond donors (Lipinski definition) is 2. The summed E-state index contributed by atoms with van der Waals surface area (Å²) < 4.78 is 5.25. The standard InChI is InChI=1S/C14H24N2O4/c1-2-3-13(12(18)19)4-7-16(10-13)11(17)14(15)5-8-20-9-6-14/h2-10,15H2,1H3,(H,18,19). The molecule has 114 valence electrons. The number of nitrogens with zero attached hydrogens (tertiary/aromatic N) is 1. The van der Waals surface area contributed by atoms with Gasteiger partial charge in [-0.2, -0.15) is 0 Å². The summed E-state index contributed by atoms with van der Waals surface area (Å²) in [4.78, 5) is 25.8. The van der Waals surface area contributed by atoms with Crippen LogP contribution in [0.3, 0.4) is 0 Å². The van der Waals surface area contributed by atoms with E-state index in [-0.39, 0.29) is 12.5 Å². The van der Waals surface area contributed by atoms with E-state index in [1.54, 1.807) is 4.90 Å². The molecule has 1 amide bonds. The molecule has 1 unspecified atom stereocenters. The number of amides is 1. The summed E-state index contributed by atoms with van der Waals surface area (Å²) in [5.41, 5.74) is 4.54. The Kier molecular flexibility index (Phi) is 4.34. The molecule has 20 heavy (non-hydrogen) atoms. The first kappa shape index (κ1) is 15.3. The molecule has 2 rings (SSSR count). The summed E-state index contributed by atoms with van der Waals surface area (Å²) in [5.74, 6) is -0.910. The molecule has 1 atom stereocenters. The Morgan fingerprint density at radius 2 is 1.95 bits per heavy atom. The molecule has 0 aromatic rings. The van der Waals surface area contributed by atoms with Crippen LogP contribution in [0, 0.1) is 5.41 Å². The van der Waals surface area contributed by atoms with E-state index in [2.05, 4.69) is 0 Å². The fourth-order valence-corrected chi connectivity index (χ4v) is 3.27.